The molecule has 1 heterocycles. The van der Waals surface area contributed by atoms with Gasteiger partial charge in [0.1, 0.15) is 5.75 Å². The normalized spacial score (nSPS) is 19.2. The summed E-state index contributed by atoms with van der Waals surface area (Å²) in [6, 6.07) is 17.3. The summed E-state index contributed by atoms with van der Waals surface area (Å²) in [5.74, 6) is 1.21. The van der Waals surface area contributed by atoms with Crippen LogP contribution < -0.4 is 10.1 Å². The van der Waals surface area contributed by atoms with Crippen LogP contribution in [-0.4, -0.2) is 60.9 Å². The van der Waals surface area contributed by atoms with Crippen molar-refractivity contribution < 1.29 is 14.3 Å². The second-order valence-corrected chi connectivity index (χ2v) is 9.19. The molecule has 1 aliphatic carbocycles. The zero-order valence-corrected chi connectivity index (χ0v) is 19.7. The van der Waals surface area contributed by atoms with Crippen LogP contribution in [0.2, 0.25) is 0 Å². The highest BCUT2D eigenvalue weighted by Crippen LogP contribution is 2.31. The van der Waals surface area contributed by atoms with Crippen LogP contribution in [0.1, 0.15) is 54.6 Å². The number of methoxy groups -OCH3 is 1. The Kier molecular flexibility index (Phi) is 7.65. The van der Waals surface area contributed by atoms with Crippen molar-refractivity contribution in [2.75, 3.05) is 33.3 Å². The highest BCUT2D eigenvalue weighted by molar-refractivity contribution is 5.94. The van der Waals surface area contributed by atoms with Gasteiger partial charge in [0.2, 0.25) is 5.91 Å². The van der Waals surface area contributed by atoms with Crippen molar-refractivity contribution >= 4 is 11.8 Å². The van der Waals surface area contributed by atoms with E-state index in [1.165, 1.54) is 12.8 Å². The Labute approximate surface area is 196 Å². The van der Waals surface area contributed by atoms with Crippen LogP contribution in [0.4, 0.5) is 0 Å². The molecule has 1 saturated carbocycles. The summed E-state index contributed by atoms with van der Waals surface area (Å²) in [7, 11) is 1.61. The standard InChI is InChI=1S/C27H35N3O3/c1-20(21-9-4-3-5-10-21)28-26(31)25(22-11-6-7-12-22)29-15-17-30(18-16-29)27(32)23-13-8-14-24(19-23)33-2/h3-5,8-10,13-14,19-20,22,25H,6-7,11-12,15-18H2,1-2H3,(H,28,31). The lowest BCUT2D eigenvalue weighted by atomic mass is 9.94. The number of nitrogens with zero attached hydrogens (tertiary/aromatic N) is 2. The lowest BCUT2D eigenvalue weighted by molar-refractivity contribution is -0.129. The molecule has 2 unspecified atom stereocenters. The van der Waals surface area contributed by atoms with Gasteiger partial charge in [0, 0.05) is 31.7 Å². The molecule has 1 saturated heterocycles. The second kappa shape index (κ2) is 10.8. The minimum atomic E-state index is -0.132. The van der Waals surface area contributed by atoms with Gasteiger partial charge in [-0.2, -0.15) is 0 Å². The van der Waals surface area contributed by atoms with Crippen molar-refractivity contribution in [3.63, 3.8) is 0 Å². The van der Waals surface area contributed by atoms with Gasteiger partial charge in [0.25, 0.3) is 5.91 Å². The molecule has 33 heavy (non-hydrogen) atoms. The highest BCUT2D eigenvalue weighted by atomic mass is 16.5. The van der Waals surface area contributed by atoms with E-state index in [-0.39, 0.29) is 23.9 Å². The summed E-state index contributed by atoms with van der Waals surface area (Å²) in [6.45, 7) is 4.72. The number of hydrogen-bond donors (Lipinski definition) is 1. The van der Waals surface area contributed by atoms with Crippen molar-refractivity contribution in [3.8, 4) is 5.75 Å². The van der Waals surface area contributed by atoms with Crippen LogP contribution in [0.15, 0.2) is 54.6 Å². The predicted octanol–water partition coefficient (Wildman–Crippen LogP) is 3.89. The van der Waals surface area contributed by atoms with Gasteiger partial charge in [-0.3, -0.25) is 14.5 Å². The van der Waals surface area contributed by atoms with Crippen molar-refractivity contribution in [2.45, 2.75) is 44.7 Å². The number of rotatable bonds is 7. The summed E-state index contributed by atoms with van der Waals surface area (Å²) in [5, 5.41) is 3.27. The Hall–Kier alpha value is -2.86. The van der Waals surface area contributed by atoms with Crippen LogP contribution in [0.25, 0.3) is 0 Å². The smallest absolute Gasteiger partial charge is 0.254 e. The Morgan fingerprint density at radius 3 is 2.33 bits per heavy atom. The van der Waals surface area contributed by atoms with Gasteiger partial charge in [0.15, 0.2) is 0 Å². The average Bonchev–Trinajstić information content (AvgIpc) is 3.39. The van der Waals surface area contributed by atoms with Crippen LogP contribution >= 0.6 is 0 Å². The number of amides is 2. The molecule has 4 rings (SSSR count). The summed E-state index contributed by atoms with van der Waals surface area (Å²) in [4.78, 5) is 30.7. The summed E-state index contributed by atoms with van der Waals surface area (Å²) < 4.78 is 5.26. The number of hydrogen-bond acceptors (Lipinski definition) is 4. The molecule has 6 nitrogen and oxygen atoms in total. The fourth-order valence-electron chi connectivity index (χ4n) is 5.22. The van der Waals surface area contributed by atoms with Gasteiger partial charge in [-0.15, -0.1) is 0 Å². The third-order valence-electron chi connectivity index (χ3n) is 7.08. The maximum absolute atomic E-state index is 13.5. The monoisotopic (exact) mass is 449 g/mol. The molecule has 2 aromatic rings. The maximum Gasteiger partial charge on any atom is 0.254 e. The number of benzene rings is 2. The van der Waals surface area contributed by atoms with Crippen molar-refractivity contribution in [2.24, 2.45) is 5.92 Å². The quantitative estimate of drug-likeness (QED) is 0.697. The van der Waals surface area contributed by atoms with E-state index in [1.807, 2.05) is 48.2 Å². The number of nitrogens with one attached hydrogen (secondary N) is 1. The van der Waals surface area contributed by atoms with E-state index in [4.69, 9.17) is 4.74 Å². The third-order valence-corrected chi connectivity index (χ3v) is 7.08. The molecule has 6 heteroatoms. The van der Waals surface area contributed by atoms with E-state index in [1.54, 1.807) is 13.2 Å². The molecule has 1 N–H and O–H groups in total. The molecule has 2 fully saturated rings. The maximum atomic E-state index is 13.5. The minimum Gasteiger partial charge on any atom is -0.497 e. The first-order valence-corrected chi connectivity index (χ1v) is 12.1. The average molecular weight is 450 g/mol. The van der Waals surface area contributed by atoms with Crippen LogP contribution in [0.3, 0.4) is 0 Å². The van der Waals surface area contributed by atoms with Gasteiger partial charge in [-0.25, -0.2) is 0 Å². The minimum absolute atomic E-state index is 0.0214. The third kappa shape index (κ3) is 5.56. The molecule has 2 aliphatic rings. The molecule has 2 amide bonds. The first-order valence-electron chi connectivity index (χ1n) is 12.1. The van der Waals surface area contributed by atoms with E-state index in [0.717, 1.165) is 18.4 Å². The summed E-state index contributed by atoms with van der Waals surface area (Å²) in [5.41, 5.74) is 1.76. The Morgan fingerprint density at radius 2 is 1.67 bits per heavy atom. The second-order valence-electron chi connectivity index (χ2n) is 9.19. The largest absolute Gasteiger partial charge is 0.497 e. The van der Waals surface area contributed by atoms with Crippen LogP contribution in [-0.2, 0) is 4.79 Å². The summed E-state index contributed by atoms with van der Waals surface area (Å²) in [6.07, 6.45) is 4.58. The fourth-order valence-corrected chi connectivity index (χ4v) is 5.22. The summed E-state index contributed by atoms with van der Waals surface area (Å²) >= 11 is 0. The lowest BCUT2D eigenvalue weighted by Crippen LogP contribution is -2.58. The van der Waals surface area contributed by atoms with Gasteiger partial charge in [-0.1, -0.05) is 49.2 Å². The number of ether oxygens (including phenoxy) is 1. The molecule has 0 spiro atoms. The molecule has 0 bridgehead atoms. The zero-order chi connectivity index (χ0) is 23.2. The molecular formula is C27H35N3O3. The molecule has 2 atom stereocenters. The number of carbonyl (C=O) groups excluding carboxylic acids is 2. The lowest BCUT2D eigenvalue weighted by Gasteiger charge is -2.41. The Morgan fingerprint density at radius 1 is 0.970 bits per heavy atom. The van der Waals surface area contributed by atoms with Crippen molar-refractivity contribution in [1.29, 1.82) is 0 Å². The predicted molar refractivity (Wildman–Crippen MR) is 129 cm³/mol. The zero-order valence-electron chi connectivity index (χ0n) is 19.7. The van der Waals surface area contributed by atoms with Gasteiger partial charge >= 0.3 is 0 Å². The fraction of sp³-hybridized carbons (Fsp3) is 0.481. The Balaban J connectivity index is 1.41. The highest BCUT2D eigenvalue weighted by Gasteiger charge is 2.37. The Bertz CT molecular complexity index is 935. The van der Waals surface area contributed by atoms with Crippen LogP contribution in [0, 0.1) is 5.92 Å². The van der Waals surface area contributed by atoms with Gasteiger partial charge in [0.05, 0.1) is 19.2 Å². The first-order chi connectivity index (χ1) is 16.1. The molecule has 0 radical (unpaired) electrons. The van der Waals surface area contributed by atoms with E-state index in [9.17, 15) is 9.59 Å². The molecule has 0 aromatic heterocycles. The number of piperazine rings is 1. The van der Waals surface area contributed by atoms with E-state index >= 15 is 0 Å². The number of carbonyl (C=O) groups is 2. The molecular weight excluding hydrogens is 414 g/mol. The molecule has 176 valence electrons. The topological polar surface area (TPSA) is 61.9 Å². The van der Waals surface area contributed by atoms with Crippen LogP contribution in [0.5, 0.6) is 5.75 Å². The molecule has 2 aromatic carbocycles. The van der Waals surface area contributed by atoms with Crippen molar-refractivity contribution in [3.05, 3.63) is 65.7 Å². The molecule has 1 aliphatic heterocycles. The van der Waals surface area contributed by atoms with Gasteiger partial charge in [-0.05, 0) is 49.4 Å². The van der Waals surface area contributed by atoms with E-state index < -0.39 is 0 Å². The SMILES string of the molecule is COc1cccc(C(=O)N2CCN(C(C(=O)NC(C)c3ccccc3)C3CCCC3)CC2)c1. The van der Waals surface area contributed by atoms with E-state index in [2.05, 4.69) is 22.3 Å². The van der Waals surface area contributed by atoms with Crippen molar-refractivity contribution in [1.82, 2.24) is 15.1 Å². The first kappa shape index (κ1) is 23.3. The van der Waals surface area contributed by atoms with Gasteiger partial charge < -0.3 is 15.0 Å². The van der Waals surface area contributed by atoms with E-state index in [0.29, 0.717) is 43.4 Å².